The molecule has 0 saturated heterocycles. The first-order valence-electron chi connectivity index (χ1n) is 5.23. The van der Waals surface area contributed by atoms with Crippen molar-refractivity contribution in [2.24, 2.45) is 5.92 Å². The summed E-state index contributed by atoms with van der Waals surface area (Å²) in [5, 5.41) is 0. The summed E-state index contributed by atoms with van der Waals surface area (Å²) in [7, 11) is 0. The third-order valence-corrected chi connectivity index (χ3v) is 3.19. The van der Waals surface area contributed by atoms with Gasteiger partial charge in [0.05, 0.1) is 0 Å². The molecule has 2 aliphatic rings. The minimum Gasteiger partial charge on any atom is -0.272 e. The van der Waals surface area contributed by atoms with Crippen LogP contribution in [0.2, 0.25) is 0 Å². The summed E-state index contributed by atoms with van der Waals surface area (Å²) in [5.41, 5.74) is 0. The van der Waals surface area contributed by atoms with Gasteiger partial charge in [0.1, 0.15) is 0 Å². The number of carbonyl (C=O) groups is 2. The van der Waals surface area contributed by atoms with Crippen molar-refractivity contribution >= 4 is 11.8 Å². The third kappa shape index (κ3) is 1.59. The van der Waals surface area contributed by atoms with Gasteiger partial charge < -0.3 is 0 Å². The Morgan fingerprint density at radius 1 is 1.07 bits per heavy atom. The van der Waals surface area contributed by atoms with E-state index in [0.29, 0.717) is 0 Å². The van der Waals surface area contributed by atoms with Crippen LogP contribution >= 0.6 is 0 Å². The van der Waals surface area contributed by atoms with Gasteiger partial charge in [0.2, 0.25) is 0 Å². The van der Waals surface area contributed by atoms with Crippen molar-refractivity contribution in [1.29, 1.82) is 0 Å². The lowest BCUT2D eigenvalue weighted by molar-refractivity contribution is -0.140. The summed E-state index contributed by atoms with van der Waals surface area (Å²) in [5.74, 6) is 0.483. The molecular formula is C11H15NO2. The lowest BCUT2D eigenvalue weighted by Crippen LogP contribution is -2.41. The molecule has 3 heteroatoms. The van der Waals surface area contributed by atoms with Crippen LogP contribution in [0.25, 0.3) is 0 Å². The molecule has 1 saturated carbocycles. The van der Waals surface area contributed by atoms with E-state index in [-0.39, 0.29) is 17.9 Å². The van der Waals surface area contributed by atoms with Crippen LogP contribution in [0.5, 0.6) is 0 Å². The van der Waals surface area contributed by atoms with E-state index < -0.39 is 0 Å². The molecule has 0 atom stereocenters. The second-order valence-corrected chi connectivity index (χ2v) is 4.29. The van der Waals surface area contributed by atoms with Crippen molar-refractivity contribution in [3.63, 3.8) is 0 Å². The Hall–Kier alpha value is -1.12. The van der Waals surface area contributed by atoms with Crippen molar-refractivity contribution in [2.75, 3.05) is 0 Å². The van der Waals surface area contributed by atoms with Gasteiger partial charge in [0.15, 0.2) is 0 Å². The third-order valence-electron chi connectivity index (χ3n) is 3.19. The number of nitrogens with zero attached hydrogens (tertiary/aromatic N) is 1. The minimum absolute atomic E-state index is 0.130. The van der Waals surface area contributed by atoms with Gasteiger partial charge in [-0.2, -0.15) is 0 Å². The molecule has 1 aliphatic heterocycles. The Balaban J connectivity index is 2.02. The van der Waals surface area contributed by atoms with Crippen LogP contribution in [0.4, 0.5) is 0 Å². The van der Waals surface area contributed by atoms with E-state index in [2.05, 4.69) is 6.92 Å². The fraction of sp³-hybridized carbons (Fsp3) is 0.636. The Kier molecular flexibility index (Phi) is 2.40. The molecule has 1 heterocycles. The van der Waals surface area contributed by atoms with E-state index in [1.54, 1.807) is 0 Å². The molecule has 0 radical (unpaired) electrons. The van der Waals surface area contributed by atoms with Gasteiger partial charge in [-0.3, -0.25) is 14.5 Å². The number of imide groups is 1. The van der Waals surface area contributed by atoms with Gasteiger partial charge in [-0.25, -0.2) is 0 Å². The highest BCUT2D eigenvalue weighted by molar-refractivity contribution is 6.13. The van der Waals surface area contributed by atoms with Crippen LogP contribution in [0, 0.1) is 5.92 Å². The van der Waals surface area contributed by atoms with Gasteiger partial charge in [0, 0.05) is 18.2 Å². The highest BCUT2D eigenvalue weighted by Gasteiger charge is 2.32. The number of carbonyl (C=O) groups excluding carboxylic acids is 2. The smallest absolute Gasteiger partial charge is 0.253 e. The Morgan fingerprint density at radius 2 is 1.57 bits per heavy atom. The minimum atomic E-state index is -0.130. The van der Waals surface area contributed by atoms with Crippen molar-refractivity contribution < 1.29 is 9.59 Å². The average Bonchev–Trinajstić information content (AvgIpc) is 2.49. The van der Waals surface area contributed by atoms with E-state index in [9.17, 15) is 9.59 Å². The van der Waals surface area contributed by atoms with Gasteiger partial charge in [-0.05, 0) is 31.6 Å². The maximum Gasteiger partial charge on any atom is 0.253 e. The molecule has 1 aliphatic carbocycles. The lowest BCUT2D eigenvalue weighted by atomic mass is 9.86. The van der Waals surface area contributed by atoms with E-state index >= 15 is 0 Å². The quantitative estimate of drug-likeness (QED) is 0.592. The Bertz CT molecular complexity index is 270. The summed E-state index contributed by atoms with van der Waals surface area (Å²) >= 11 is 0. The summed E-state index contributed by atoms with van der Waals surface area (Å²) in [6.45, 7) is 2.22. The lowest BCUT2D eigenvalue weighted by Gasteiger charge is -2.31. The molecule has 3 nitrogen and oxygen atoms in total. The number of hydrogen-bond donors (Lipinski definition) is 0. The van der Waals surface area contributed by atoms with Crippen molar-refractivity contribution in [2.45, 2.75) is 38.6 Å². The van der Waals surface area contributed by atoms with Gasteiger partial charge in [-0.15, -0.1) is 0 Å². The van der Waals surface area contributed by atoms with Crippen LogP contribution in [0.1, 0.15) is 32.6 Å². The molecule has 76 valence electrons. The maximum atomic E-state index is 11.4. The molecule has 2 amide bonds. The molecule has 14 heavy (non-hydrogen) atoms. The Labute approximate surface area is 83.8 Å². The van der Waals surface area contributed by atoms with E-state index in [4.69, 9.17) is 0 Å². The van der Waals surface area contributed by atoms with Crippen LogP contribution < -0.4 is 0 Å². The molecule has 0 unspecified atom stereocenters. The second-order valence-electron chi connectivity index (χ2n) is 4.29. The normalized spacial score (nSPS) is 32.8. The molecule has 2 rings (SSSR count). The predicted molar refractivity (Wildman–Crippen MR) is 52.4 cm³/mol. The van der Waals surface area contributed by atoms with Crippen LogP contribution in [-0.2, 0) is 9.59 Å². The first kappa shape index (κ1) is 9.44. The zero-order valence-corrected chi connectivity index (χ0v) is 8.40. The van der Waals surface area contributed by atoms with Crippen molar-refractivity contribution in [3.8, 4) is 0 Å². The highest BCUT2D eigenvalue weighted by atomic mass is 16.2. The van der Waals surface area contributed by atoms with E-state index in [1.807, 2.05) is 0 Å². The molecule has 0 spiro atoms. The predicted octanol–water partition coefficient (Wildman–Crippen LogP) is 1.49. The van der Waals surface area contributed by atoms with Crippen LogP contribution in [-0.4, -0.2) is 22.8 Å². The summed E-state index contributed by atoms with van der Waals surface area (Å²) < 4.78 is 0. The van der Waals surface area contributed by atoms with E-state index in [0.717, 1.165) is 31.6 Å². The SMILES string of the molecule is CC1CCC(N2C(=O)C=CC2=O)CC1. The van der Waals surface area contributed by atoms with Crippen LogP contribution in [0.3, 0.4) is 0 Å². The molecule has 0 N–H and O–H groups in total. The number of amides is 2. The fourth-order valence-electron chi connectivity index (χ4n) is 2.27. The van der Waals surface area contributed by atoms with Crippen molar-refractivity contribution in [1.82, 2.24) is 4.90 Å². The second kappa shape index (κ2) is 3.56. The zero-order chi connectivity index (χ0) is 10.1. The standard InChI is InChI=1S/C11H15NO2/c1-8-2-4-9(5-3-8)12-10(13)6-7-11(12)14/h6-9H,2-5H2,1H3. The number of rotatable bonds is 1. The molecule has 0 aromatic rings. The highest BCUT2D eigenvalue weighted by Crippen LogP contribution is 2.28. The fourth-order valence-corrected chi connectivity index (χ4v) is 2.27. The van der Waals surface area contributed by atoms with Gasteiger partial charge in [-0.1, -0.05) is 6.92 Å². The number of hydrogen-bond acceptors (Lipinski definition) is 2. The summed E-state index contributed by atoms with van der Waals surface area (Å²) in [6.07, 6.45) is 6.95. The van der Waals surface area contributed by atoms with Gasteiger partial charge in [0.25, 0.3) is 11.8 Å². The molecule has 0 aromatic carbocycles. The van der Waals surface area contributed by atoms with Crippen molar-refractivity contribution in [3.05, 3.63) is 12.2 Å². The summed E-state index contributed by atoms with van der Waals surface area (Å²) in [6, 6.07) is 0.154. The van der Waals surface area contributed by atoms with Crippen LogP contribution in [0.15, 0.2) is 12.2 Å². The Morgan fingerprint density at radius 3 is 2.07 bits per heavy atom. The maximum absolute atomic E-state index is 11.4. The largest absolute Gasteiger partial charge is 0.272 e. The summed E-state index contributed by atoms with van der Waals surface area (Å²) in [4.78, 5) is 24.2. The zero-order valence-electron chi connectivity index (χ0n) is 8.40. The molecule has 1 fully saturated rings. The van der Waals surface area contributed by atoms with Gasteiger partial charge >= 0.3 is 0 Å². The first-order chi connectivity index (χ1) is 6.68. The molecule has 0 aromatic heterocycles. The first-order valence-corrected chi connectivity index (χ1v) is 5.23. The topological polar surface area (TPSA) is 37.4 Å². The monoisotopic (exact) mass is 193 g/mol. The van der Waals surface area contributed by atoms with E-state index in [1.165, 1.54) is 17.1 Å². The average molecular weight is 193 g/mol. The molecule has 0 bridgehead atoms. The molecular weight excluding hydrogens is 178 g/mol.